The molecule has 8 heteroatoms. The number of carboxylic acid groups (broad SMARTS) is 1. The van der Waals surface area contributed by atoms with Crippen molar-refractivity contribution in [2.24, 2.45) is 5.41 Å². The van der Waals surface area contributed by atoms with Crippen LogP contribution in [-0.2, 0) is 17.9 Å². The van der Waals surface area contributed by atoms with Gasteiger partial charge in [0.2, 0.25) is 0 Å². The van der Waals surface area contributed by atoms with Gasteiger partial charge in [-0.2, -0.15) is 5.10 Å². The number of nitrogens with zero attached hydrogens (tertiary/aromatic N) is 6. The highest BCUT2D eigenvalue weighted by molar-refractivity contribution is 5.74. The van der Waals surface area contributed by atoms with E-state index in [0.29, 0.717) is 18.8 Å². The second kappa shape index (κ2) is 5.63. The van der Waals surface area contributed by atoms with E-state index in [4.69, 9.17) is 0 Å². The quantitative estimate of drug-likeness (QED) is 0.863. The molecule has 1 atom stereocenters. The fourth-order valence-electron chi connectivity index (χ4n) is 2.12. The minimum absolute atomic E-state index is 0.217. The number of rotatable bonds is 6. The average molecular weight is 292 g/mol. The van der Waals surface area contributed by atoms with E-state index in [9.17, 15) is 9.90 Å². The van der Waals surface area contributed by atoms with Gasteiger partial charge < -0.3 is 5.11 Å². The van der Waals surface area contributed by atoms with E-state index in [-0.39, 0.29) is 6.54 Å². The van der Waals surface area contributed by atoms with Crippen molar-refractivity contribution >= 4 is 5.97 Å². The first-order valence-electron chi connectivity index (χ1n) is 6.95. The molecule has 2 aromatic heterocycles. The Morgan fingerprint density at radius 3 is 2.67 bits per heavy atom. The van der Waals surface area contributed by atoms with Crippen LogP contribution in [0.1, 0.15) is 32.9 Å². The molecule has 8 nitrogen and oxygen atoms in total. The summed E-state index contributed by atoms with van der Waals surface area (Å²) in [6.45, 7) is 8.34. The van der Waals surface area contributed by atoms with Crippen LogP contribution in [0.5, 0.6) is 0 Å². The van der Waals surface area contributed by atoms with Crippen LogP contribution in [0.15, 0.2) is 6.07 Å². The van der Waals surface area contributed by atoms with Crippen molar-refractivity contribution in [3.05, 3.63) is 11.8 Å². The first kappa shape index (κ1) is 15.1. The summed E-state index contributed by atoms with van der Waals surface area (Å²) in [5, 5.41) is 25.4. The zero-order valence-electron chi connectivity index (χ0n) is 12.7. The van der Waals surface area contributed by atoms with Gasteiger partial charge in [0.05, 0.1) is 17.7 Å². The lowest BCUT2D eigenvalue weighted by Gasteiger charge is -2.22. The Morgan fingerprint density at radius 1 is 1.38 bits per heavy atom. The van der Waals surface area contributed by atoms with E-state index in [0.717, 1.165) is 11.4 Å². The molecule has 1 N–H and O–H groups in total. The van der Waals surface area contributed by atoms with Crippen molar-refractivity contribution in [1.82, 2.24) is 30.0 Å². The Hall–Kier alpha value is -2.25. The largest absolute Gasteiger partial charge is 0.481 e. The van der Waals surface area contributed by atoms with Gasteiger partial charge in [-0.3, -0.25) is 9.48 Å². The standard InChI is InChI=1S/C13H20N6O2/c1-5-13(4,12(20)21)8-19-11(14-16-17-19)10-7-9(3)15-18(10)6-2/h7H,5-6,8H2,1-4H3,(H,20,21). The van der Waals surface area contributed by atoms with Crippen molar-refractivity contribution in [2.75, 3.05) is 0 Å². The Kier molecular flexibility index (Phi) is 4.06. The molecule has 0 aliphatic rings. The number of hydrogen-bond donors (Lipinski definition) is 1. The van der Waals surface area contributed by atoms with E-state index in [1.807, 2.05) is 31.5 Å². The lowest BCUT2D eigenvalue weighted by molar-refractivity contribution is -0.149. The topological polar surface area (TPSA) is 98.7 Å². The Bertz CT molecular complexity index is 647. The first-order chi connectivity index (χ1) is 9.91. The number of aromatic nitrogens is 6. The maximum atomic E-state index is 11.5. The fraction of sp³-hybridized carbons (Fsp3) is 0.615. The van der Waals surface area contributed by atoms with Crippen molar-refractivity contribution in [1.29, 1.82) is 0 Å². The third-order valence-corrected chi connectivity index (χ3v) is 3.76. The molecule has 0 radical (unpaired) electrons. The molecule has 0 amide bonds. The summed E-state index contributed by atoms with van der Waals surface area (Å²) in [4.78, 5) is 11.5. The predicted molar refractivity (Wildman–Crippen MR) is 75.5 cm³/mol. The van der Waals surface area contributed by atoms with Crippen molar-refractivity contribution in [2.45, 2.75) is 47.2 Å². The Balaban J connectivity index is 2.41. The van der Waals surface area contributed by atoms with E-state index < -0.39 is 11.4 Å². The summed E-state index contributed by atoms with van der Waals surface area (Å²) >= 11 is 0. The van der Waals surface area contributed by atoms with Crippen LogP contribution in [-0.4, -0.2) is 41.1 Å². The number of tetrazole rings is 1. The summed E-state index contributed by atoms with van der Waals surface area (Å²) in [5.41, 5.74) is 0.762. The maximum Gasteiger partial charge on any atom is 0.311 e. The molecule has 21 heavy (non-hydrogen) atoms. The molecule has 0 saturated carbocycles. The monoisotopic (exact) mass is 292 g/mol. The third-order valence-electron chi connectivity index (χ3n) is 3.76. The number of carboxylic acids is 1. The molecule has 0 aromatic carbocycles. The van der Waals surface area contributed by atoms with Gasteiger partial charge in [0.15, 0.2) is 5.82 Å². The summed E-state index contributed by atoms with van der Waals surface area (Å²) in [6.07, 6.45) is 0.494. The molecule has 0 saturated heterocycles. The van der Waals surface area contributed by atoms with Crippen LogP contribution < -0.4 is 0 Å². The second-order valence-corrected chi connectivity index (χ2v) is 5.37. The highest BCUT2D eigenvalue weighted by Gasteiger charge is 2.33. The smallest absolute Gasteiger partial charge is 0.311 e. The van der Waals surface area contributed by atoms with Gasteiger partial charge in [-0.1, -0.05) is 6.92 Å². The molecule has 0 bridgehead atoms. The van der Waals surface area contributed by atoms with Crippen molar-refractivity contribution < 1.29 is 9.90 Å². The number of hydrogen-bond acceptors (Lipinski definition) is 5. The maximum absolute atomic E-state index is 11.5. The molecule has 0 fully saturated rings. The minimum atomic E-state index is -0.907. The second-order valence-electron chi connectivity index (χ2n) is 5.37. The van der Waals surface area contributed by atoms with E-state index in [1.54, 1.807) is 11.6 Å². The van der Waals surface area contributed by atoms with E-state index in [2.05, 4.69) is 20.6 Å². The normalized spacial score (nSPS) is 14.1. The Morgan fingerprint density at radius 2 is 2.10 bits per heavy atom. The summed E-state index contributed by atoms with van der Waals surface area (Å²) in [6, 6.07) is 1.90. The SMILES string of the molecule is CCn1nc(C)cc1-c1nnnn1CC(C)(CC)C(=O)O. The highest BCUT2D eigenvalue weighted by Crippen LogP contribution is 2.26. The lowest BCUT2D eigenvalue weighted by Crippen LogP contribution is -2.32. The van der Waals surface area contributed by atoms with Crippen molar-refractivity contribution in [3.8, 4) is 11.5 Å². The summed E-state index contributed by atoms with van der Waals surface area (Å²) in [7, 11) is 0. The molecule has 2 heterocycles. The molecule has 2 rings (SSSR count). The minimum Gasteiger partial charge on any atom is -0.481 e. The van der Waals surface area contributed by atoms with Crippen LogP contribution >= 0.6 is 0 Å². The zero-order valence-corrected chi connectivity index (χ0v) is 12.7. The van der Waals surface area contributed by atoms with E-state index >= 15 is 0 Å². The van der Waals surface area contributed by atoms with E-state index in [1.165, 1.54) is 0 Å². The molecular formula is C13H20N6O2. The van der Waals surface area contributed by atoms with Gasteiger partial charge in [-0.15, -0.1) is 5.10 Å². The number of aliphatic carboxylic acids is 1. The molecular weight excluding hydrogens is 272 g/mol. The molecule has 0 aliphatic heterocycles. The zero-order chi connectivity index (χ0) is 15.6. The lowest BCUT2D eigenvalue weighted by atomic mass is 9.88. The Labute approximate surface area is 122 Å². The molecule has 2 aromatic rings. The predicted octanol–water partition coefficient (Wildman–Crippen LogP) is 1.37. The molecule has 0 aliphatic carbocycles. The van der Waals surface area contributed by atoms with Gasteiger partial charge in [-0.05, 0) is 43.7 Å². The van der Waals surface area contributed by atoms with Crippen LogP contribution in [0.2, 0.25) is 0 Å². The molecule has 0 spiro atoms. The molecule has 114 valence electrons. The highest BCUT2D eigenvalue weighted by atomic mass is 16.4. The first-order valence-corrected chi connectivity index (χ1v) is 6.95. The van der Waals surface area contributed by atoms with Gasteiger partial charge in [0.1, 0.15) is 5.69 Å². The number of carbonyl (C=O) groups is 1. The average Bonchev–Trinajstić information content (AvgIpc) is 3.04. The van der Waals surface area contributed by atoms with Crippen molar-refractivity contribution in [3.63, 3.8) is 0 Å². The van der Waals surface area contributed by atoms with Gasteiger partial charge in [-0.25, -0.2) is 4.68 Å². The van der Waals surface area contributed by atoms with Crippen LogP contribution in [0, 0.1) is 12.3 Å². The van der Waals surface area contributed by atoms with Crippen LogP contribution in [0.3, 0.4) is 0 Å². The molecule has 1 unspecified atom stereocenters. The summed E-state index contributed by atoms with van der Waals surface area (Å²) < 4.78 is 3.35. The van der Waals surface area contributed by atoms with Gasteiger partial charge in [0.25, 0.3) is 0 Å². The summed E-state index contributed by atoms with van der Waals surface area (Å²) in [5.74, 6) is -0.315. The number of aryl methyl sites for hydroxylation is 2. The fourth-order valence-corrected chi connectivity index (χ4v) is 2.12. The third kappa shape index (κ3) is 2.79. The van der Waals surface area contributed by atoms with Crippen LogP contribution in [0.4, 0.5) is 0 Å². The van der Waals surface area contributed by atoms with Gasteiger partial charge in [0, 0.05) is 6.54 Å². The van der Waals surface area contributed by atoms with Gasteiger partial charge >= 0.3 is 5.97 Å². The van der Waals surface area contributed by atoms with Crippen LogP contribution in [0.25, 0.3) is 11.5 Å².